The van der Waals surface area contributed by atoms with E-state index in [4.69, 9.17) is 4.74 Å². The van der Waals surface area contributed by atoms with Gasteiger partial charge in [-0.05, 0) is 44.8 Å². The van der Waals surface area contributed by atoms with E-state index in [0.29, 0.717) is 12.1 Å². The highest BCUT2D eigenvalue weighted by atomic mass is 16.5. The molecule has 0 aromatic rings. The number of nitrogens with one attached hydrogen (secondary N) is 1. The van der Waals surface area contributed by atoms with Gasteiger partial charge in [0.1, 0.15) is 6.10 Å². The lowest BCUT2D eigenvalue weighted by Gasteiger charge is -2.33. The van der Waals surface area contributed by atoms with Gasteiger partial charge in [-0.3, -0.25) is 0 Å². The monoisotopic (exact) mass is 224 g/mol. The topological polar surface area (TPSA) is 24.5 Å². The Hall–Kier alpha value is -0.540. The van der Waals surface area contributed by atoms with Gasteiger partial charge in [0.05, 0.1) is 6.26 Å². The van der Waals surface area contributed by atoms with Gasteiger partial charge in [0.2, 0.25) is 0 Å². The van der Waals surface area contributed by atoms with Gasteiger partial charge >= 0.3 is 0 Å². The Labute approximate surface area is 98.8 Å². The van der Waals surface area contributed by atoms with Crippen molar-refractivity contribution in [2.75, 3.05) is 26.2 Å². The van der Waals surface area contributed by atoms with Crippen LogP contribution >= 0.6 is 0 Å². The molecule has 2 unspecified atom stereocenters. The minimum atomic E-state index is 0.391. The van der Waals surface area contributed by atoms with E-state index in [2.05, 4.69) is 23.2 Å². The Morgan fingerprint density at radius 3 is 3.12 bits per heavy atom. The van der Waals surface area contributed by atoms with Gasteiger partial charge in [-0.1, -0.05) is 6.92 Å². The van der Waals surface area contributed by atoms with Crippen LogP contribution in [0.1, 0.15) is 32.6 Å². The molecule has 2 aliphatic rings. The lowest BCUT2D eigenvalue weighted by molar-refractivity contribution is 0.111. The molecule has 2 atom stereocenters. The van der Waals surface area contributed by atoms with Crippen molar-refractivity contribution in [2.24, 2.45) is 0 Å². The fourth-order valence-corrected chi connectivity index (χ4v) is 2.54. The van der Waals surface area contributed by atoms with Crippen LogP contribution in [0, 0.1) is 0 Å². The maximum atomic E-state index is 5.57. The number of hydrogen-bond acceptors (Lipinski definition) is 3. The zero-order valence-electron chi connectivity index (χ0n) is 10.3. The van der Waals surface area contributed by atoms with Gasteiger partial charge in [-0.2, -0.15) is 0 Å². The van der Waals surface area contributed by atoms with Gasteiger partial charge in [0.25, 0.3) is 0 Å². The molecule has 0 aromatic carbocycles. The molecule has 3 heteroatoms. The summed E-state index contributed by atoms with van der Waals surface area (Å²) in [5.74, 6) is 0. The van der Waals surface area contributed by atoms with Crippen molar-refractivity contribution in [3.63, 3.8) is 0 Å². The van der Waals surface area contributed by atoms with Gasteiger partial charge in [-0.15, -0.1) is 0 Å². The van der Waals surface area contributed by atoms with Crippen molar-refractivity contribution >= 4 is 0 Å². The molecule has 92 valence electrons. The third kappa shape index (κ3) is 3.49. The maximum Gasteiger partial charge on any atom is 0.110 e. The fraction of sp³-hybridized carbons (Fsp3) is 0.846. The summed E-state index contributed by atoms with van der Waals surface area (Å²) in [5, 5.41) is 3.66. The summed E-state index contributed by atoms with van der Waals surface area (Å²) >= 11 is 0. The fourth-order valence-electron chi connectivity index (χ4n) is 2.54. The molecule has 0 amide bonds. The highest BCUT2D eigenvalue weighted by Crippen LogP contribution is 2.12. The minimum Gasteiger partial charge on any atom is -0.497 e. The van der Waals surface area contributed by atoms with Gasteiger partial charge in [0.15, 0.2) is 0 Å². The summed E-state index contributed by atoms with van der Waals surface area (Å²) in [7, 11) is 0. The van der Waals surface area contributed by atoms with Gasteiger partial charge in [-0.25, -0.2) is 0 Å². The van der Waals surface area contributed by atoms with Gasteiger partial charge < -0.3 is 15.0 Å². The lowest BCUT2D eigenvalue weighted by atomic mass is 10.0. The summed E-state index contributed by atoms with van der Waals surface area (Å²) in [6.45, 7) is 6.92. The Bertz CT molecular complexity index is 230. The highest BCUT2D eigenvalue weighted by molar-refractivity contribution is 4.85. The Balaban J connectivity index is 1.66. The molecular formula is C13H24N2O. The van der Waals surface area contributed by atoms with E-state index in [1.54, 1.807) is 0 Å². The number of piperidine rings is 1. The Morgan fingerprint density at radius 1 is 1.44 bits per heavy atom. The molecule has 16 heavy (non-hydrogen) atoms. The summed E-state index contributed by atoms with van der Waals surface area (Å²) in [6.07, 6.45) is 9.33. The second-order valence-electron chi connectivity index (χ2n) is 4.85. The quantitative estimate of drug-likeness (QED) is 0.787. The lowest BCUT2D eigenvalue weighted by Crippen LogP contribution is -2.47. The third-order valence-corrected chi connectivity index (χ3v) is 3.61. The van der Waals surface area contributed by atoms with E-state index in [0.717, 1.165) is 19.4 Å². The SMILES string of the molecule is CCN1CCCC(NCC2CCC=CO2)C1. The maximum absolute atomic E-state index is 5.57. The molecule has 0 bridgehead atoms. The summed E-state index contributed by atoms with van der Waals surface area (Å²) in [5.41, 5.74) is 0. The van der Waals surface area contributed by atoms with Crippen LogP contribution in [0.15, 0.2) is 12.3 Å². The molecule has 2 heterocycles. The molecule has 1 N–H and O–H groups in total. The molecule has 0 aromatic heterocycles. The van der Waals surface area contributed by atoms with Crippen LogP contribution in [0.2, 0.25) is 0 Å². The molecule has 0 spiro atoms. The van der Waals surface area contributed by atoms with E-state index in [1.165, 1.54) is 32.5 Å². The third-order valence-electron chi connectivity index (χ3n) is 3.61. The number of allylic oxidation sites excluding steroid dienone is 1. The van der Waals surface area contributed by atoms with Crippen molar-refractivity contribution in [1.82, 2.24) is 10.2 Å². The van der Waals surface area contributed by atoms with E-state index in [9.17, 15) is 0 Å². The van der Waals surface area contributed by atoms with E-state index in [-0.39, 0.29) is 0 Å². The molecule has 0 aliphatic carbocycles. The molecular weight excluding hydrogens is 200 g/mol. The average Bonchev–Trinajstić information content (AvgIpc) is 2.38. The van der Waals surface area contributed by atoms with Crippen LogP contribution in [-0.4, -0.2) is 43.2 Å². The first kappa shape index (κ1) is 11.9. The number of nitrogens with zero attached hydrogens (tertiary/aromatic N) is 1. The second kappa shape index (κ2) is 6.26. The first-order chi connectivity index (χ1) is 7.88. The standard InChI is InChI=1S/C13H24N2O/c1-2-15-8-5-6-12(11-15)14-10-13-7-3-4-9-16-13/h4,9,12-14H,2-3,5-8,10-11H2,1H3. The molecule has 1 fully saturated rings. The molecule has 1 saturated heterocycles. The molecule has 2 aliphatic heterocycles. The van der Waals surface area contributed by atoms with Crippen LogP contribution in [0.25, 0.3) is 0 Å². The summed E-state index contributed by atoms with van der Waals surface area (Å²) in [6, 6.07) is 0.670. The zero-order valence-corrected chi connectivity index (χ0v) is 10.3. The summed E-state index contributed by atoms with van der Waals surface area (Å²) < 4.78 is 5.57. The number of likely N-dealkylation sites (tertiary alicyclic amines) is 1. The first-order valence-electron chi connectivity index (χ1n) is 6.64. The van der Waals surface area contributed by atoms with Crippen molar-refractivity contribution in [2.45, 2.75) is 44.8 Å². The smallest absolute Gasteiger partial charge is 0.110 e. The largest absolute Gasteiger partial charge is 0.497 e. The Morgan fingerprint density at radius 2 is 2.38 bits per heavy atom. The molecule has 0 saturated carbocycles. The van der Waals surface area contributed by atoms with Crippen molar-refractivity contribution in [3.8, 4) is 0 Å². The number of likely N-dealkylation sites (N-methyl/N-ethyl adjacent to an activating group) is 1. The van der Waals surface area contributed by atoms with Gasteiger partial charge in [0, 0.05) is 19.1 Å². The summed E-state index contributed by atoms with van der Waals surface area (Å²) in [4.78, 5) is 2.53. The first-order valence-corrected chi connectivity index (χ1v) is 6.64. The minimum absolute atomic E-state index is 0.391. The van der Waals surface area contributed by atoms with Crippen LogP contribution in [0.5, 0.6) is 0 Å². The average molecular weight is 224 g/mol. The van der Waals surface area contributed by atoms with Crippen molar-refractivity contribution < 1.29 is 4.74 Å². The van der Waals surface area contributed by atoms with Crippen molar-refractivity contribution in [1.29, 1.82) is 0 Å². The van der Waals surface area contributed by atoms with Crippen LogP contribution < -0.4 is 5.32 Å². The normalized spacial score (nSPS) is 31.3. The van der Waals surface area contributed by atoms with E-state index < -0.39 is 0 Å². The predicted octanol–water partition coefficient (Wildman–Crippen LogP) is 1.75. The Kier molecular flexibility index (Phi) is 4.67. The predicted molar refractivity (Wildman–Crippen MR) is 66.4 cm³/mol. The second-order valence-corrected chi connectivity index (χ2v) is 4.85. The van der Waals surface area contributed by atoms with Crippen LogP contribution in [0.4, 0.5) is 0 Å². The van der Waals surface area contributed by atoms with Crippen LogP contribution in [-0.2, 0) is 4.74 Å². The number of hydrogen-bond donors (Lipinski definition) is 1. The molecule has 0 radical (unpaired) electrons. The zero-order chi connectivity index (χ0) is 11.2. The van der Waals surface area contributed by atoms with Crippen LogP contribution in [0.3, 0.4) is 0 Å². The molecule has 2 rings (SSSR count). The number of ether oxygens (including phenoxy) is 1. The molecule has 3 nitrogen and oxygen atoms in total. The number of rotatable bonds is 4. The van der Waals surface area contributed by atoms with E-state index >= 15 is 0 Å². The van der Waals surface area contributed by atoms with Crippen molar-refractivity contribution in [3.05, 3.63) is 12.3 Å². The van der Waals surface area contributed by atoms with E-state index in [1.807, 2.05) is 6.26 Å². The highest BCUT2D eigenvalue weighted by Gasteiger charge is 2.19.